The van der Waals surface area contributed by atoms with Crippen molar-refractivity contribution in [3.63, 3.8) is 0 Å². The summed E-state index contributed by atoms with van der Waals surface area (Å²) in [7, 11) is 0. The number of anilines is 2. The van der Waals surface area contributed by atoms with Crippen molar-refractivity contribution < 1.29 is 9.47 Å². The Bertz CT molecular complexity index is 430. The zero-order chi connectivity index (χ0) is 13.1. The summed E-state index contributed by atoms with van der Waals surface area (Å²) < 4.78 is 11.0. The highest BCUT2D eigenvalue weighted by atomic mass is 35.5. The number of nitrogen functional groups attached to an aromatic ring is 1. The van der Waals surface area contributed by atoms with Crippen LogP contribution in [0.4, 0.5) is 11.8 Å². The highest BCUT2D eigenvalue weighted by Crippen LogP contribution is 2.25. The second-order valence-corrected chi connectivity index (χ2v) is 4.49. The van der Waals surface area contributed by atoms with E-state index in [-0.39, 0.29) is 18.1 Å². The van der Waals surface area contributed by atoms with Gasteiger partial charge in [0.2, 0.25) is 5.95 Å². The van der Waals surface area contributed by atoms with Gasteiger partial charge in [-0.3, -0.25) is 0 Å². The number of aromatic nitrogens is 2. The van der Waals surface area contributed by atoms with Crippen molar-refractivity contribution in [2.75, 3.05) is 30.9 Å². The Morgan fingerprint density at radius 3 is 3.00 bits per heavy atom. The lowest BCUT2D eigenvalue weighted by atomic mass is 10.2. The molecule has 1 fully saturated rings. The average Bonchev–Trinajstić information content (AvgIpc) is 2.73. The first-order valence-electron chi connectivity index (χ1n) is 5.87. The molecule has 1 aliphatic rings. The number of rotatable bonds is 4. The minimum atomic E-state index is 0.00237. The summed E-state index contributed by atoms with van der Waals surface area (Å²) in [6.07, 6.45) is 0.00237. The van der Waals surface area contributed by atoms with Gasteiger partial charge in [0, 0.05) is 6.61 Å². The topological polar surface area (TPSA) is 82.3 Å². The van der Waals surface area contributed by atoms with Crippen LogP contribution >= 0.6 is 11.6 Å². The van der Waals surface area contributed by atoms with E-state index in [1.165, 1.54) is 0 Å². The van der Waals surface area contributed by atoms with Gasteiger partial charge in [-0.15, -0.1) is 0 Å². The molecule has 0 bridgehead atoms. The van der Waals surface area contributed by atoms with Crippen molar-refractivity contribution in [3.05, 3.63) is 10.7 Å². The van der Waals surface area contributed by atoms with Gasteiger partial charge in [0.15, 0.2) is 5.82 Å². The van der Waals surface area contributed by atoms with Gasteiger partial charge in [0.05, 0.1) is 24.9 Å². The largest absolute Gasteiger partial charge is 0.376 e. The SMILES string of the molecule is CCO[C@H]1COC[C@@H]1Nc1nc(N)nc(C)c1Cl. The van der Waals surface area contributed by atoms with E-state index in [4.69, 9.17) is 26.8 Å². The van der Waals surface area contributed by atoms with Crippen molar-refractivity contribution in [2.24, 2.45) is 0 Å². The first-order valence-corrected chi connectivity index (χ1v) is 6.25. The molecule has 2 rings (SSSR count). The number of ether oxygens (including phenoxy) is 2. The van der Waals surface area contributed by atoms with Crippen LogP contribution in [0.1, 0.15) is 12.6 Å². The maximum absolute atomic E-state index is 6.14. The van der Waals surface area contributed by atoms with Crippen LogP contribution in [0.3, 0.4) is 0 Å². The quantitative estimate of drug-likeness (QED) is 0.858. The molecule has 0 spiro atoms. The molecule has 1 aromatic rings. The first kappa shape index (κ1) is 13.3. The summed E-state index contributed by atoms with van der Waals surface area (Å²) >= 11 is 6.14. The number of aryl methyl sites for hydroxylation is 1. The molecule has 1 aliphatic heterocycles. The average molecular weight is 273 g/mol. The minimum absolute atomic E-state index is 0.00237. The van der Waals surface area contributed by atoms with Crippen molar-refractivity contribution in [3.8, 4) is 0 Å². The molecule has 0 aliphatic carbocycles. The Morgan fingerprint density at radius 1 is 1.50 bits per heavy atom. The molecule has 0 aromatic carbocycles. The lowest BCUT2D eigenvalue weighted by molar-refractivity contribution is 0.0478. The number of hydrogen-bond acceptors (Lipinski definition) is 6. The van der Waals surface area contributed by atoms with E-state index < -0.39 is 0 Å². The molecule has 2 atom stereocenters. The smallest absolute Gasteiger partial charge is 0.222 e. The molecule has 18 heavy (non-hydrogen) atoms. The maximum Gasteiger partial charge on any atom is 0.222 e. The highest BCUT2D eigenvalue weighted by molar-refractivity contribution is 6.33. The predicted octanol–water partition coefficient (Wildman–Crippen LogP) is 1.24. The third-order valence-electron chi connectivity index (χ3n) is 2.77. The molecule has 6 nitrogen and oxygen atoms in total. The maximum atomic E-state index is 6.14. The van der Waals surface area contributed by atoms with Crippen LogP contribution in [0.25, 0.3) is 0 Å². The lowest BCUT2D eigenvalue weighted by Crippen LogP contribution is -2.34. The highest BCUT2D eigenvalue weighted by Gasteiger charge is 2.29. The first-order chi connectivity index (χ1) is 8.61. The van der Waals surface area contributed by atoms with E-state index in [2.05, 4.69) is 15.3 Å². The Kier molecular flexibility index (Phi) is 4.21. The molecule has 0 saturated carbocycles. The van der Waals surface area contributed by atoms with E-state index in [1.54, 1.807) is 6.92 Å². The second kappa shape index (κ2) is 5.69. The summed E-state index contributed by atoms with van der Waals surface area (Å²) in [6.45, 7) is 5.52. The minimum Gasteiger partial charge on any atom is -0.376 e. The van der Waals surface area contributed by atoms with Crippen LogP contribution in [-0.2, 0) is 9.47 Å². The Labute approximate surface area is 111 Å². The predicted molar refractivity (Wildman–Crippen MR) is 69.8 cm³/mol. The van der Waals surface area contributed by atoms with Gasteiger partial charge in [0.25, 0.3) is 0 Å². The van der Waals surface area contributed by atoms with E-state index >= 15 is 0 Å². The molecule has 7 heteroatoms. The number of nitrogens with one attached hydrogen (secondary N) is 1. The number of nitrogens with zero attached hydrogens (tertiary/aromatic N) is 2. The molecule has 3 N–H and O–H groups in total. The fourth-order valence-corrected chi connectivity index (χ4v) is 2.04. The standard InChI is InChI=1S/C11H17ClN4O2/c1-3-18-8-5-17-4-7(8)15-10-9(12)6(2)14-11(13)16-10/h7-8H,3-5H2,1-2H3,(H3,13,14,15,16)/t7-,8-/m0/s1. The fourth-order valence-electron chi connectivity index (χ4n) is 1.90. The van der Waals surface area contributed by atoms with Gasteiger partial charge in [0.1, 0.15) is 11.1 Å². The second-order valence-electron chi connectivity index (χ2n) is 4.11. The number of halogens is 1. The number of nitrogens with two attached hydrogens (primary N) is 1. The summed E-state index contributed by atoms with van der Waals surface area (Å²) in [5.74, 6) is 0.730. The Hall–Kier alpha value is -1.11. The molecular weight excluding hydrogens is 256 g/mol. The van der Waals surface area contributed by atoms with Gasteiger partial charge in [-0.2, -0.15) is 4.98 Å². The van der Waals surface area contributed by atoms with E-state index in [0.29, 0.717) is 36.4 Å². The van der Waals surface area contributed by atoms with Crippen LogP contribution in [0.2, 0.25) is 5.02 Å². The number of hydrogen-bond donors (Lipinski definition) is 2. The molecule has 1 saturated heterocycles. The molecule has 2 heterocycles. The molecule has 0 amide bonds. The monoisotopic (exact) mass is 272 g/mol. The van der Waals surface area contributed by atoms with E-state index in [0.717, 1.165) is 0 Å². The van der Waals surface area contributed by atoms with Gasteiger partial charge < -0.3 is 20.5 Å². The van der Waals surface area contributed by atoms with Crippen molar-refractivity contribution >= 4 is 23.4 Å². The lowest BCUT2D eigenvalue weighted by Gasteiger charge is -2.20. The molecule has 100 valence electrons. The van der Waals surface area contributed by atoms with Gasteiger partial charge in [-0.05, 0) is 13.8 Å². The normalized spacial score (nSPS) is 23.3. The van der Waals surface area contributed by atoms with Gasteiger partial charge >= 0.3 is 0 Å². The Balaban J connectivity index is 2.13. The fraction of sp³-hybridized carbons (Fsp3) is 0.636. The van der Waals surface area contributed by atoms with E-state index in [9.17, 15) is 0 Å². The van der Waals surface area contributed by atoms with E-state index in [1.807, 2.05) is 6.92 Å². The van der Waals surface area contributed by atoms with Crippen LogP contribution in [0.15, 0.2) is 0 Å². The van der Waals surface area contributed by atoms with Crippen molar-refractivity contribution in [1.29, 1.82) is 0 Å². The molecule has 0 radical (unpaired) electrons. The van der Waals surface area contributed by atoms with Gasteiger partial charge in [-0.25, -0.2) is 4.98 Å². The summed E-state index contributed by atoms with van der Waals surface area (Å²) in [5, 5.41) is 3.69. The molecule has 1 aromatic heterocycles. The van der Waals surface area contributed by atoms with Crippen molar-refractivity contribution in [1.82, 2.24) is 9.97 Å². The van der Waals surface area contributed by atoms with Crippen LogP contribution in [-0.4, -0.2) is 41.9 Å². The van der Waals surface area contributed by atoms with Crippen LogP contribution in [0, 0.1) is 6.92 Å². The van der Waals surface area contributed by atoms with Crippen LogP contribution < -0.4 is 11.1 Å². The third kappa shape index (κ3) is 2.82. The summed E-state index contributed by atoms with van der Waals surface area (Å²) in [5.41, 5.74) is 6.26. The zero-order valence-corrected chi connectivity index (χ0v) is 11.2. The molecule has 0 unspecified atom stereocenters. The van der Waals surface area contributed by atoms with Crippen LogP contribution in [0.5, 0.6) is 0 Å². The molecular formula is C11H17ClN4O2. The van der Waals surface area contributed by atoms with Gasteiger partial charge in [-0.1, -0.05) is 11.6 Å². The Morgan fingerprint density at radius 2 is 2.28 bits per heavy atom. The summed E-state index contributed by atoms with van der Waals surface area (Å²) in [6, 6.07) is 0.0242. The third-order valence-corrected chi connectivity index (χ3v) is 3.22. The van der Waals surface area contributed by atoms with Crippen molar-refractivity contribution in [2.45, 2.75) is 26.0 Å². The zero-order valence-electron chi connectivity index (χ0n) is 10.4. The summed E-state index contributed by atoms with van der Waals surface area (Å²) in [4.78, 5) is 8.10.